The van der Waals surface area contributed by atoms with Gasteiger partial charge in [0.2, 0.25) is 0 Å². The maximum Gasteiger partial charge on any atom is 0.265 e. The molecule has 2 saturated heterocycles. The highest BCUT2D eigenvalue weighted by Gasteiger charge is 2.38. The molecule has 1 amide bonds. The lowest BCUT2D eigenvalue weighted by Crippen LogP contribution is -2.31. The van der Waals surface area contributed by atoms with Crippen molar-refractivity contribution in [3.63, 3.8) is 0 Å². The van der Waals surface area contributed by atoms with Crippen molar-refractivity contribution >= 4 is 41.4 Å². The highest BCUT2D eigenvalue weighted by molar-refractivity contribution is 7.98. The first-order valence-electron chi connectivity index (χ1n) is 5.91. The van der Waals surface area contributed by atoms with Gasteiger partial charge in [-0.15, -0.1) is 35.5 Å². The van der Waals surface area contributed by atoms with Gasteiger partial charge in [-0.3, -0.25) is 4.79 Å². The molecule has 0 radical (unpaired) electrons. The number of rotatable bonds is 2. The van der Waals surface area contributed by atoms with E-state index >= 15 is 0 Å². The number of fused-ring (bicyclic) bond motifs is 1. The Morgan fingerprint density at radius 1 is 1.44 bits per heavy atom. The third-order valence-electron chi connectivity index (χ3n) is 3.72. The van der Waals surface area contributed by atoms with Crippen LogP contribution in [0.4, 0.5) is 0 Å². The highest BCUT2D eigenvalue weighted by Crippen LogP contribution is 2.31. The van der Waals surface area contributed by atoms with Crippen LogP contribution in [0.1, 0.15) is 9.67 Å². The van der Waals surface area contributed by atoms with Crippen LogP contribution in [0, 0.1) is 11.8 Å². The van der Waals surface area contributed by atoms with E-state index in [0.29, 0.717) is 11.8 Å². The van der Waals surface area contributed by atoms with E-state index in [0.717, 1.165) is 36.0 Å². The fraction of sp³-hybridized carbons (Fsp3) is 0.583. The van der Waals surface area contributed by atoms with Crippen molar-refractivity contribution in [1.82, 2.24) is 10.2 Å². The van der Waals surface area contributed by atoms with Crippen LogP contribution in [-0.4, -0.2) is 43.2 Å². The van der Waals surface area contributed by atoms with Crippen molar-refractivity contribution in [3.05, 3.63) is 16.3 Å². The lowest BCUT2D eigenvalue weighted by atomic mass is 10.0. The summed E-state index contributed by atoms with van der Waals surface area (Å²) in [6.45, 7) is 4.02. The molecule has 2 aliphatic heterocycles. The first-order chi connectivity index (χ1) is 8.29. The van der Waals surface area contributed by atoms with Gasteiger partial charge in [0.25, 0.3) is 5.91 Å². The summed E-state index contributed by atoms with van der Waals surface area (Å²) in [7, 11) is 0. The molecule has 0 unspecified atom stereocenters. The lowest BCUT2D eigenvalue weighted by Gasteiger charge is -2.17. The van der Waals surface area contributed by atoms with Crippen molar-refractivity contribution in [3.8, 4) is 0 Å². The van der Waals surface area contributed by atoms with Gasteiger partial charge < -0.3 is 10.2 Å². The standard InChI is InChI=1S/C12H16N2OS2.ClH/c1-16-10-2-3-17-11(10)12(15)14-6-8-4-13-5-9(8)7-14;/h2-3,8-9,13H,4-7H2,1H3;1H/t8-,9+;. The largest absolute Gasteiger partial charge is 0.337 e. The number of halogens is 1. The molecule has 3 rings (SSSR count). The Morgan fingerprint density at radius 3 is 2.72 bits per heavy atom. The molecule has 3 heterocycles. The average Bonchev–Trinajstić information content (AvgIpc) is 3.02. The summed E-state index contributed by atoms with van der Waals surface area (Å²) < 4.78 is 0. The molecular formula is C12H17ClN2OS2. The Labute approximate surface area is 122 Å². The third kappa shape index (κ3) is 2.41. The summed E-state index contributed by atoms with van der Waals surface area (Å²) in [5, 5.41) is 5.41. The number of thioether (sulfide) groups is 1. The molecule has 0 spiro atoms. The predicted molar refractivity (Wildman–Crippen MR) is 79.1 cm³/mol. The monoisotopic (exact) mass is 304 g/mol. The van der Waals surface area contributed by atoms with Crippen molar-refractivity contribution in [2.45, 2.75) is 4.90 Å². The minimum absolute atomic E-state index is 0. The summed E-state index contributed by atoms with van der Waals surface area (Å²) >= 11 is 3.23. The van der Waals surface area contributed by atoms with Crippen molar-refractivity contribution < 1.29 is 4.79 Å². The fourth-order valence-corrected chi connectivity index (χ4v) is 4.49. The van der Waals surface area contributed by atoms with E-state index in [4.69, 9.17) is 0 Å². The average molecular weight is 305 g/mol. The van der Waals surface area contributed by atoms with Gasteiger partial charge in [-0.2, -0.15) is 0 Å². The number of likely N-dealkylation sites (tertiary alicyclic amines) is 1. The van der Waals surface area contributed by atoms with Crippen LogP contribution in [0.2, 0.25) is 0 Å². The fourth-order valence-electron chi connectivity index (χ4n) is 2.78. The summed E-state index contributed by atoms with van der Waals surface area (Å²) in [4.78, 5) is 16.5. The molecule has 18 heavy (non-hydrogen) atoms. The first-order valence-corrected chi connectivity index (χ1v) is 8.01. The summed E-state index contributed by atoms with van der Waals surface area (Å²) in [5.41, 5.74) is 0. The molecule has 1 N–H and O–H groups in total. The van der Waals surface area contributed by atoms with Gasteiger partial charge >= 0.3 is 0 Å². The van der Waals surface area contributed by atoms with Gasteiger partial charge in [0, 0.05) is 31.1 Å². The Bertz CT molecular complexity index is 425. The van der Waals surface area contributed by atoms with E-state index in [1.807, 2.05) is 22.6 Å². The van der Waals surface area contributed by atoms with E-state index in [1.165, 1.54) is 0 Å². The van der Waals surface area contributed by atoms with Crippen LogP contribution in [0.3, 0.4) is 0 Å². The number of hydrogen-bond acceptors (Lipinski definition) is 4. The zero-order valence-electron chi connectivity index (χ0n) is 10.2. The van der Waals surface area contributed by atoms with Gasteiger partial charge in [-0.1, -0.05) is 0 Å². The number of nitrogens with one attached hydrogen (secondary N) is 1. The molecule has 2 aliphatic rings. The molecule has 3 nitrogen and oxygen atoms in total. The Balaban J connectivity index is 0.00000120. The van der Waals surface area contributed by atoms with Crippen LogP contribution in [-0.2, 0) is 0 Å². The predicted octanol–water partition coefficient (Wildman–Crippen LogP) is 2.18. The lowest BCUT2D eigenvalue weighted by molar-refractivity contribution is 0.0783. The van der Waals surface area contributed by atoms with Gasteiger partial charge in [0.05, 0.1) is 0 Å². The van der Waals surface area contributed by atoms with Gasteiger partial charge in [0.1, 0.15) is 4.88 Å². The Morgan fingerprint density at radius 2 is 2.11 bits per heavy atom. The van der Waals surface area contributed by atoms with E-state index < -0.39 is 0 Å². The maximum absolute atomic E-state index is 12.4. The number of hydrogen-bond donors (Lipinski definition) is 1. The van der Waals surface area contributed by atoms with E-state index in [2.05, 4.69) is 5.32 Å². The molecule has 0 aromatic carbocycles. The van der Waals surface area contributed by atoms with Crippen LogP contribution >= 0.6 is 35.5 Å². The van der Waals surface area contributed by atoms with Crippen LogP contribution in [0.25, 0.3) is 0 Å². The highest BCUT2D eigenvalue weighted by atomic mass is 35.5. The molecule has 6 heteroatoms. The number of carbonyl (C=O) groups is 1. The van der Waals surface area contributed by atoms with Gasteiger partial charge in [0.15, 0.2) is 0 Å². The quantitative estimate of drug-likeness (QED) is 0.850. The van der Waals surface area contributed by atoms with Crippen molar-refractivity contribution in [1.29, 1.82) is 0 Å². The second-order valence-corrected chi connectivity index (χ2v) is 6.47. The third-order valence-corrected chi connectivity index (χ3v) is 5.53. The summed E-state index contributed by atoms with van der Waals surface area (Å²) in [6, 6.07) is 2.04. The maximum atomic E-state index is 12.4. The van der Waals surface area contributed by atoms with Crippen molar-refractivity contribution in [2.75, 3.05) is 32.4 Å². The molecule has 0 aliphatic carbocycles. The number of thiophene rings is 1. The van der Waals surface area contributed by atoms with E-state index in [9.17, 15) is 4.79 Å². The molecule has 0 bridgehead atoms. The molecule has 1 aromatic rings. The second kappa shape index (κ2) is 5.82. The minimum Gasteiger partial charge on any atom is -0.337 e. The number of carbonyl (C=O) groups excluding carboxylic acids is 1. The SMILES string of the molecule is CSc1ccsc1C(=O)N1C[C@H]2CNC[C@H]2C1.Cl. The number of amides is 1. The van der Waals surface area contributed by atoms with Crippen LogP contribution in [0.15, 0.2) is 16.3 Å². The van der Waals surface area contributed by atoms with Crippen LogP contribution in [0.5, 0.6) is 0 Å². The molecular weight excluding hydrogens is 288 g/mol. The Kier molecular flexibility index (Phi) is 4.59. The topological polar surface area (TPSA) is 32.3 Å². The minimum atomic E-state index is 0. The normalized spacial score (nSPS) is 25.9. The second-order valence-electron chi connectivity index (χ2n) is 4.71. The zero-order chi connectivity index (χ0) is 11.8. The van der Waals surface area contributed by atoms with Crippen molar-refractivity contribution in [2.24, 2.45) is 11.8 Å². The van der Waals surface area contributed by atoms with Gasteiger partial charge in [-0.25, -0.2) is 0 Å². The molecule has 1 aromatic heterocycles. The molecule has 0 saturated carbocycles. The Hall–Kier alpha value is -0.230. The van der Waals surface area contributed by atoms with E-state index in [1.54, 1.807) is 23.1 Å². The van der Waals surface area contributed by atoms with Crippen LogP contribution < -0.4 is 5.32 Å². The number of nitrogens with zero attached hydrogens (tertiary/aromatic N) is 1. The summed E-state index contributed by atoms with van der Waals surface area (Å²) in [5.74, 6) is 1.59. The molecule has 2 fully saturated rings. The molecule has 100 valence electrons. The van der Waals surface area contributed by atoms with Gasteiger partial charge in [-0.05, 0) is 29.5 Å². The smallest absolute Gasteiger partial charge is 0.265 e. The summed E-state index contributed by atoms with van der Waals surface area (Å²) in [6.07, 6.45) is 2.03. The first kappa shape index (κ1) is 14.2. The molecule has 2 atom stereocenters. The van der Waals surface area contributed by atoms with E-state index in [-0.39, 0.29) is 18.3 Å². The zero-order valence-corrected chi connectivity index (χ0v) is 12.7.